The van der Waals surface area contributed by atoms with E-state index in [1.807, 2.05) is 31.2 Å². The average molecular weight is 342 g/mol. The fourth-order valence-electron chi connectivity index (χ4n) is 2.38. The van der Waals surface area contributed by atoms with Crippen LogP contribution in [-0.2, 0) is 9.59 Å². The molecule has 0 radical (unpaired) electrons. The highest BCUT2D eigenvalue weighted by Crippen LogP contribution is 2.33. The second-order valence-electron chi connectivity index (χ2n) is 5.56. The van der Waals surface area contributed by atoms with E-state index in [9.17, 15) is 9.59 Å². The minimum absolute atomic E-state index is 0. The zero-order valence-electron chi connectivity index (χ0n) is 13.7. The van der Waals surface area contributed by atoms with Crippen LogP contribution in [0.3, 0.4) is 0 Å². The largest absolute Gasteiger partial charge is 0.479 e. The van der Waals surface area contributed by atoms with Gasteiger partial charge in [0.05, 0.1) is 5.69 Å². The molecule has 0 aliphatic carbocycles. The highest BCUT2D eigenvalue weighted by molar-refractivity contribution is 6.00. The van der Waals surface area contributed by atoms with Crippen LogP contribution in [-0.4, -0.2) is 49.0 Å². The summed E-state index contributed by atoms with van der Waals surface area (Å²) in [6, 6.07) is 7.36. The maximum Gasteiger partial charge on any atom is 0.267 e. The Morgan fingerprint density at radius 3 is 2.74 bits per heavy atom. The molecule has 0 fully saturated rings. The van der Waals surface area contributed by atoms with Crippen LogP contribution in [0.25, 0.3) is 0 Å². The first-order valence-corrected chi connectivity index (χ1v) is 7.48. The summed E-state index contributed by atoms with van der Waals surface area (Å²) in [5.41, 5.74) is 6.29. The summed E-state index contributed by atoms with van der Waals surface area (Å²) in [7, 11) is 1.73. The number of carbonyl (C=O) groups excluding carboxylic acids is 2. The first kappa shape index (κ1) is 19.3. The van der Waals surface area contributed by atoms with Crippen molar-refractivity contribution in [2.24, 2.45) is 5.73 Å². The molecule has 0 spiro atoms. The molecular formula is C16H24ClN3O3. The van der Waals surface area contributed by atoms with Crippen molar-refractivity contribution in [1.82, 2.24) is 4.90 Å². The lowest BCUT2D eigenvalue weighted by molar-refractivity contribution is -0.131. The number of halogens is 1. The number of fused-ring (bicyclic) bond motifs is 1. The van der Waals surface area contributed by atoms with Crippen LogP contribution < -0.4 is 15.4 Å². The van der Waals surface area contributed by atoms with E-state index in [1.54, 1.807) is 23.8 Å². The molecular weight excluding hydrogens is 318 g/mol. The number of anilines is 1. The Bertz CT molecular complexity index is 567. The molecule has 1 aromatic rings. The Kier molecular flexibility index (Phi) is 6.84. The van der Waals surface area contributed by atoms with Gasteiger partial charge >= 0.3 is 0 Å². The van der Waals surface area contributed by atoms with E-state index in [0.717, 1.165) is 0 Å². The molecule has 2 unspecified atom stereocenters. The summed E-state index contributed by atoms with van der Waals surface area (Å²) in [6.45, 7) is 4.37. The lowest BCUT2D eigenvalue weighted by Gasteiger charge is -2.33. The van der Waals surface area contributed by atoms with Crippen molar-refractivity contribution in [1.29, 1.82) is 0 Å². The van der Waals surface area contributed by atoms with Crippen LogP contribution in [0.15, 0.2) is 24.3 Å². The normalized spacial score (nSPS) is 17.7. The van der Waals surface area contributed by atoms with Crippen LogP contribution >= 0.6 is 12.4 Å². The predicted octanol–water partition coefficient (Wildman–Crippen LogP) is 1.42. The number of likely N-dealkylation sites (N-methyl/N-ethyl adjacent to an activating group) is 1. The number of hydrogen-bond acceptors (Lipinski definition) is 4. The third kappa shape index (κ3) is 4.14. The molecule has 23 heavy (non-hydrogen) atoms. The Balaban J connectivity index is 0.00000264. The zero-order valence-corrected chi connectivity index (χ0v) is 14.5. The Labute approximate surface area is 143 Å². The van der Waals surface area contributed by atoms with Gasteiger partial charge in [0.25, 0.3) is 5.91 Å². The predicted molar refractivity (Wildman–Crippen MR) is 92.0 cm³/mol. The minimum Gasteiger partial charge on any atom is -0.479 e. The zero-order chi connectivity index (χ0) is 16.3. The van der Waals surface area contributed by atoms with E-state index in [-0.39, 0.29) is 36.7 Å². The molecule has 2 N–H and O–H groups in total. The molecule has 2 atom stereocenters. The summed E-state index contributed by atoms with van der Waals surface area (Å²) in [5, 5.41) is 0. The molecule has 128 valence electrons. The van der Waals surface area contributed by atoms with E-state index in [0.29, 0.717) is 24.5 Å². The van der Waals surface area contributed by atoms with Crippen molar-refractivity contribution in [2.75, 3.05) is 25.0 Å². The quantitative estimate of drug-likeness (QED) is 0.878. The number of rotatable bonds is 5. The van der Waals surface area contributed by atoms with Crippen LogP contribution in [0, 0.1) is 0 Å². The summed E-state index contributed by atoms with van der Waals surface area (Å²) >= 11 is 0. The molecule has 0 saturated heterocycles. The second kappa shape index (κ2) is 8.17. The van der Waals surface area contributed by atoms with E-state index in [1.165, 1.54) is 0 Å². The number of benzene rings is 1. The van der Waals surface area contributed by atoms with E-state index in [4.69, 9.17) is 10.5 Å². The fourth-order valence-corrected chi connectivity index (χ4v) is 2.38. The van der Waals surface area contributed by atoms with Gasteiger partial charge in [-0.15, -0.1) is 12.4 Å². The van der Waals surface area contributed by atoms with Crippen LogP contribution in [0.2, 0.25) is 0 Å². The number of carbonyl (C=O) groups is 2. The van der Waals surface area contributed by atoms with Crippen molar-refractivity contribution in [2.45, 2.75) is 32.4 Å². The van der Waals surface area contributed by atoms with Crippen molar-refractivity contribution in [3.63, 3.8) is 0 Å². The smallest absolute Gasteiger partial charge is 0.267 e. The van der Waals surface area contributed by atoms with Crippen molar-refractivity contribution in [3.05, 3.63) is 24.3 Å². The van der Waals surface area contributed by atoms with Gasteiger partial charge < -0.3 is 20.3 Å². The van der Waals surface area contributed by atoms with Crippen molar-refractivity contribution in [3.8, 4) is 5.75 Å². The SMILES string of the molecule is CC1Oc2ccccc2N(CCC(=O)N(C)C(C)CN)C1=O.Cl. The second-order valence-corrected chi connectivity index (χ2v) is 5.56. The van der Waals surface area contributed by atoms with Crippen LogP contribution in [0.1, 0.15) is 20.3 Å². The lowest BCUT2D eigenvalue weighted by atomic mass is 10.1. The molecule has 0 aromatic heterocycles. The maximum atomic E-state index is 12.3. The molecule has 7 heteroatoms. The lowest BCUT2D eigenvalue weighted by Crippen LogP contribution is -2.46. The number of para-hydroxylation sites is 2. The Morgan fingerprint density at radius 2 is 2.09 bits per heavy atom. The summed E-state index contributed by atoms with van der Waals surface area (Å²) in [6.07, 6.45) is -0.279. The highest BCUT2D eigenvalue weighted by atomic mass is 35.5. The molecule has 1 heterocycles. The minimum atomic E-state index is -0.536. The van der Waals surface area contributed by atoms with E-state index >= 15 is 0 Å². The van der Waals surface area contributed by atoms with E-state index in [2.05, 4.69) is 0 Å². The first-order valence-electron chi connectivity index (χ1n) is 7.48. The van der Waals surface area contributed by atoms with Gasteiger partial charge in [0.1, 0.15) is 5.75 Å². The fraction of sp³-hybridized carbons (Fsp3) is 0.500. The monoisotopic (exact) mass is 341 g/mol. The molecule has 6 nitrogen and oxygen atoms in total. The number of nitrogens with two attached hydrogens (primary N) is 1. The molecule has 1 aliphatic rings. The van der Waals surface area contributed by atoms with Gasteiger partial charge in [-0.1, -0.05) is 12.1 Å². The third-order valence-corrected chi connectivity index (χ3v) is 4.02. The average Bonchev–Trinajstić information content (AvgIpc) is 2.53. The third-order valence-electron chi connectivity index (χ3n) is 4.02. The Morgan fingerprint density at radius 1 is 1.43 bits per heavy atom. The summed E-state index contributed by atoms with van der Waals surface area (Å²) in [4.78, 5) is 27.8. The highest BCUT2D eigenvalue weighted by Gasteiger charge is 2.31. The number of amides is 2. The van der Waals surface area contributed by atoms with Gasteiger partial charge in [0.2, 0.25) is 5.91 Å². The van der Waals surface area contributed by atoms with Gasteiger partial charge in [0.15, 0.2) is 6.10 Å². The molecule has 1 aliphatic heterocycles. The Hall–Kier alpha value is -1.79. The molecule has 2 amide bonds. The molecule has 2 rings (SSSR count). The van der Waals surface area contributed by atoms with Crippen LogP contribution in [0.5, 0.6) is 5.75 Å². The topological polar surface area (TPSA) is 75.9 Å². The van der Waals surface area contributed by atoms with E-state index < -0.39 is 6.10 Å². The van der Waals surface area contributed by atoms with Gasteiger partial charge in [-0.25, -0.2) is 0 Å². The maximum absolute atomic E-state index is 12.3. The summed E-state index contributed by atoms with van der Waals surface area (Å²) in [5.74, 6) is 0.522. The number of nitrogens with zero attached hydrogens (tertiary/aromatic N) is 2. The first-order chi connectivity index (χ1) is 10.5. The van der Waals surface area contributed by atoms with Crippen molar-refractivity contribution >= 4 is 29.9 Å². The molecule has 0 bridgehead atoms. The van der Waals surface area contributed by atoms with Gasteiger partial charge in [-0.05, 0) is 26.0 Å². The number of ether oxygens (including phenoxy) is 1. The van der Waals surface area contributed by atoms with Gasteiger partial charge in [-0.3, -0.25) is 9.59 Å². The van der Waals surface area contributed by atoms with Crippen LogP contribution in [0.4, 0.5) is 5.69 Å². The molecule has 1 aromatic carbocycles. The summed E-state index contributed by atoms with van der Waals surface area (Å²) < 4.78 is 5.58. The van der Waals surface area contributed by atoms with Crippen molar-refractivity contribution < 1.29 is 14.3 Å². The number of hydrogen-bond donors (Lipinski definition) is 1. The standard InChI is InChI=1S/C16H23N3O3.ClH/c1-11(10-17)18(3)15(20)8-9-19-13-6-4-5-7-14(13)22-12(2)16(19)21;/h4-7,11-12H,8-10,17H2,1-3H3;1H. The van der Waals surface area contributed by atoms with Gasteiger partial charge in [-0.2, -0.15) is 0 Å². The van der Waals surface area contributed by atoms with Gasteiger partial charge in [0, 0.05) is 32.6 Å². The molecule has 0 saturated carbocycles.